The highest BCUT2D eigenvalue weighted by molar-refractivity contribution is 7.80. The van der Waals surface area contributed by atoms with Crippen LogP contribution in [0.2, 0.25) is 0 Å². The minimum atomic E-state index is -0.0577. The molecule has 1 aromatic carbocycles. The lowest BCUT2D eigenvalue weighted by Gasteiger charge is -2.28. The molecule has 2 aromatic heterocycles. The third-order valence-corrected chi connectivity index (χ3v) is 5.33. The van der Waals surface area contributed by atoms with E-state index in [-0.39, 0.29) is 18.9 Å². The van der Waals surface area contributed by atoms with Crippen LogP contribution in [0, 0.1) is 0 Å². The number of hydrogen-bond acceptors (Lipinski definition) is 4. The highest BCUT2D eigenvalue weighted by Crippen LogP contribution is 2.44. The Morgan fingerprint density at radius 1 is 1.11 bits per heavy atom. The monoisotopic (exact) mass is 378 g/mol. The molecule has 2 aliphatic heterocycles. The van der Waals surface area contributed by atoms with E-state index in [1.165, 1.54) is 0 Å². The molecule has 1 N–H and O–H groups in total. The zero-order valence-corrected chi connectivity index (χ0v) is 15.5. The lowest BCUT2D eigenvalue weighted by Crippen LogP contribution is -2.30. The average molecular weight is 378 g/mol. The summed E-state index contributed by atoms with van der Waals surface area (Å²) in [6, 6.07) is 15.9. The lowest BCUT2D eigenvalue weighted by molar-refractivity contribution is 0.174. The topological polar surface area (TPSA) is 51.6 Å². The van der Waals surface area contributed by atoms with Gasteiger partial charge < -0.3 is 24.3 Å². The molecule has 136 valence electrons. The third-order valence-electron chi connectivity index (χ3n) is 5.02. The minimum Gasteiger partial charge on any atom is -0.454 e. The Labute approximate surface area is 162 Å². The van der Waals surface area contributed by atoms with Crippen LogP contribution in [0.5, 0.6) is 11.5 Å². The fourth-order valence-corrected chi connectivity index (χ4v) is 4.10. The second-order valence-electron chi connectivity index (χ2n) is 6.58. The number of hydrogen-bond donors (Lipinski definition) is 1. The Balaban J connectivity index is 1.63. The molecule has 0 spiro atoms. The maximum absolute atomic E-state index is 5.73. The van der Waals surface area contributed by atoms with Gasteiger partial charge in [0.1, 0.15) is 6.04 Å². The largest absolute Gasteiger partial charge is 0.454 e. The van der Waals surface area contributed by atoms with Crippen LogP contribution in [0.25, 0.3) is 0 Å². The van der Waals surface area contributed by atoms with E-state index in [4.69, 9.17) is 21.7 Å². The van der Waals surface area contributed by atoms with Crippen molar-refractivity contribution in [3.8, 4) is 11.5 Å². The van der Waals surface area contributed by atoms with Gasteiger partial charge in [-0.15, -0.1) is 0 Å². The normalized spacial score (nSPS) is 20.8. The predicted octanol–water partition coefficient (Wildman–Crippen LogP) is 3.33. The first-order valence-corrected chi connectivity index (χ1v) is 9.15. The van der Waals surface area contributed by atoms with Crippen LogP contribution < -0.4 is 19.7 Å². The highest BCUT2D eigenvalue weighted by atomic mass is 32.1. The maximum atomic E-state index is 5.73. The summed E-state index contributed by atoms with van der Waals surface area (Å²) >= 11 is 5.73. The van der Waals surface area contributed by atoms with Crippen LogP contribution in [0.3, 0.4) is 0 Å². The summed E-state index contributed by atoms with van der Waals surface area (Å²) in [6.07, 6.45) is 3.86. The number of aryl methyl sites for hydroxylation is 1. The van der Waals surface area contributed by atoms with E-state index in [1.807, 2.05) is 61.9 Å². The minimum absolute atomic E-state index is 0.0345. The van der Waals surface area contributed by atoms with Gasteiger partial charge in [0.15, 0.2) is 16.6 Å². The Kier molecular flexibility index (Phi) is 3.75. The van der Waals surface area contributed by atoms with Gasteiger partial charge in [-0.05, 0) is 48.6 Å². The van der Waals surface area contributed by atoms with Gasteiger partial charge in [0, 0.05) is 36.9 Å². The first-order valence-electron chi connectivity index (χ1n) is 8.74. The molecule has 4 heterocycles. The summed E-state index contributed by atoms with van der Waals surface area (Å²) in [4.78, 5) is 6.70. The molecular weight excluding hydrogens is 360 g/mol. The summed E-state index contributed by atoms with van der Waals surface area (Å²) in [5.74, 6) is 1.50. The van der Waals surface area contributed by atoms with Crippen molar-refractivity contribution in [3.05, 3.63) is 72.3 Å². The molecule has 2 atom stereocenters. The Morgan fingerprint density at radius 2 is 2.00 bits per heavy atom. The van der Waals surface area contributed by atoms with Crippen LogP contribution in [0.15, 0.2) is 60.9 Å². The molecule has 0 bridgehead atoms. The standard InChI is InChI=1S/C20H18N4O2S/c1-23-10-4-6-15(23)19-18(14-5-2-3-9-21-14)22-20(27)24(19)13-7-8-16-17(11-13)26-12-25-16/h2-11,18-19H,12H2,1H3,(H,22,27)/t18-,19-/m0/s1. The van der Waals surface area contributed by atoms with Crippen LogP contribution in [-0.2, 0) is 7.05 Å². The molecule has 0 aliphatic carbocycles. The van der Waals surface area contributed by atoms with E-state index in [0.717, 1.165) is 28.6 Å². The summed E-state index contributed by atoms with van der Waals surface area (Å²) in [5.41, 5.74) is 3.06. The van der Waals surface area contributed by atoms with Gasteiger partial charge in [0.05, 0.1) is 11.7 Å². The predicted molar refractivity (Wildman–Crippen MR) is 106 cm³/mol. The Hall–Kier alpha value is -3.06. The second-order valence-corrected chi connectivity index (χ2v) is 6.96. The summed E-state index contributed by atoms with van der Waals surface area (Å²) in [7, 11) is 2.05. The molecule has 1 fully saturated rings. The number of aromatic nitrogens is 2. The van der Waals surface area contributed by atoms with Crippen molar-refractivity contribution in [1.29, 1.82) is 0 Å². The van der Waals surface area contributed by atoms with Crippen molar-refractivity contribution in [2.24, 2.45) is 7.05 Å². The molecule has 27 heavy (non-hydrogen) atoms. The van der Waals surface area contributed by atoms with E-state index in [2.05, 4.69) is 25.8 Å². The van der Waals surface area contributed by atoms with Gasteiger partial charge in [0.25, 0.3) is 0 Å². The van der Waals surface area contributed by atoms with Gasteiger partial charge in [-0.1, -0.05) is 6.07 Å². The number of ether oxygens (including phenoxy) is 2. The molecule has 0 amide bonds. The molecule has 0 radical (unpaired) electrons. The van der Waals surface area contributed by atoms with Gasteiger partial charge in [-0.25, -0.2) is 0 Å². The first kappa shape index (κ1) is 16.1. The Bertz CT molecular complexity index is 1000. The van der Waals surface area contributed by atoms with Gasteiger partial charge >= 0.3 is 0 Å². The quantitative estimate of drug-likeness (QED) is 0.706. The summed E-state index contributed by atoms with van der Waals surface area (Å²) in [5, 5.41) is 4.12. The average Bonchev–Trinajstić information content (AvgIpc) is 3.40. The highest BCUT2D eigenvalue weighted by Gasteiger charge is 2.42. The number of rotatable bonds is 3. The first-order chi connectivity index (χ1) is 13.2. The fraction of sp³-hybridized carbons (Fsp3) is 0.200. The van der Waals surface area contributed by atoms with Crippen LogP contribution >= 0.6 is 12.2 Å². The molecule has 0 saturated carbocycles. The van der Waals surface area contributed by atoms with Gasteiger partial charge in [-0.2, -0.15) is 0 Å². The zero-order chi connectivity index (χ0) is 18.4. The van der Waals surface area contributed by atoms with Crippen molar-refractivity contribution < 1.29 is 9.47 Å². The molecule has 7 heteroatoms. The van der Waals surface area contributed by atoms with E-state index in [0.29, 0.717) is 5.11 Å². The van der Waals surface area contributed by atoms with Crippen molar-refractivity contribution in [2.75, 3.05) is 11.7 Å². The third kappa shape index (κ3) is 2.62. The number of nitrogens with one attached hydrogen (secondary N) is 1. The van der Waals surface area contributed by atoms with Crippen LogP contribution in [-0.4, -0.2) is 21.5 Å². The number of pyridine rings is 1. The number of thiocarbonyl (C=S) groups is 1. The summed E-state index contributed by atoms with van der Waals surface area (Å²) in [6.45, 7) is 0.249. The zero-order valence-electron chi connectivity index (χ0n) is 14.7. The SMILES string of the molecule is Cn1cccc1[C@H]1[C@H](c2ccccn2)NC(=S)N1c1ccc2c(c1)OCO2. The van der Waals surface area contributed by atoms with Crippen molar-refractivity contribution in [1.82, 2.24) is 14.9 Å². The molecule has 3 aromatic rings. The smallest absolute Gasteiger partial charge is 0.231 e. The van der Waals surface area contributed by atoms with E-state index >= 15 is 0 Å². The van der Waals surface area contributed by atoms with E-state index < -0.39 is 0 Å². The van der Waals surface area contributed by atoms with Crippen molar-refractivity contribution in [3.63, 3.8) is 0 Å². The van der Waals surface area contributed by atoms with Crippen LogP contribution in [0.4, 0.5) is 5.69 Å². The van der Waals surface area contributed by atoms with Crippen molar-refractivity contribution in [2.45, 2.75) is 12.1 Å². The van der Waals surface area contributed by atoms with Gasteiger partial charge in [-0.3, -0.25) is 4.98 Å². The number of fused-ring (bicyclic) bond motifs is 1. The number of nitrogens with zero attached hydrogens (tertiary/aromatic N) is 3. The van der Waals surface area contributed by atoms with E-state index in [1.54, 1.807) is 0 Å². The molecule has 5 rings (SSSR count). The fourth-order valence-electron chi connectivity index (χ4n) is 3.75. The van der Waals surface area contributed by atoms with Crippen molar-refractivity contribution >= 4 is 23.0 Å². The molecule has 2 aliphatic rings. The molecule has 6 nitrogen and oxygen atoms in total. The second kappa shape index (κ2) is 6.28. The molecule has 1 saturated heterocycles. The van der Waals surface area contributed by atoms with E-state index in [9.17, 15) is 0 Å². The molecule has 0 unspecified atom stereocenters. The lowest BCUT2D eigenvalue weighted by atomic mass is 10.0. The van der Waals surface area contributed by atoms with Crippen LogP contribution in [0.1, 0.15) is 23.5 Å². The number of benzene rings is 1. The Morgan fingerprint density at radius 3 is 2.78 bits per heavy atom. The molecular formula is C20H18N4O2S. The summed E-state index contributed by atoms with van der Waals surface area (Å²) < 4.78 is 13.1. The van der Waals surface area contributed by atoms with Gasteiger partial charge in [0.2, 0.25) is 6.79 Å². The number of anilines is 1. The maximum Gasteiger partial charge on any atom is 0.231 e.